The largest absolute Gasteiger partial charge is 0.337 e. The summed E-state index contributed by atoms with van der Waals surface area (Å²) in [5, 5.41) is 16.1. The van der Waals surface area contributed by atoms with E-state index in [4.69, 9.17) is 0 Å². The molecule has 164 valence electrons. The summed E-state index contributed by atoms with van der Waals surface area (Å²) >= 11 is 0. The van der Waals surface area contributed by atoms with Gasteiger partial charge in [0.25, 0.3) is 0 Å². The van der Waals surface area contributed by atoms with E-state index in [0.29, 0.717) is 5.57 Å². The molecule has 0 aliphatic carbocycles. The molecule has 4 aromatic carbocycles. The summed E-state index contributed by atoms with van der Waals surface area (Å²) in [7, 11) is 0. The number of nitrogens with one attached hydrogen (secondary N) is 1. The number of carbonyl (C=O) groups is 1. The van der Waals surface area contributed by atoms with Gasteiger partial charge in [-0.25, -0.2) is 0 Å². The van der Waals surface area contributed by atoms with Crippen molar-refractivity contribution in [3.8, 4) is 6.07 Å². The molecule has 0 aliphatic rings. The van der Waals surface area contributed by atoms with Gasteiger partial charge in [0.2, 0.25) is 5.91 Å². The molecule has 0 spiro atoms. The number of aryl methyl sites for hydroxylation is 1. The molecule has 0 radical (unpaired) electrons. The minimum atomic E-state index is -0.100. The van der Waals surface area contributed by atoms with Crippen molar-refractivity contribution in [2.75, 3.05) is 5.32 Å². The second-order valence-electron chi connectivity index (χ2n) is 8.38. The number of benzene rings is 4. The number of hydrogen-bond acceptors (Lipinski definition) is 2. The lowest BCUT2D eigenvalue weighted by Crippen LogP contribution is -2.18. The molecule has 0 saturated carbocycles. The molecule has 1 amide bonds. The zero-order valence-electron chi connectivity index (χ0n) is 18.8. The minimum Gasteiger partial charge on any atom is -0.337 e. The van der Waals surface area contributed by atoms with Crippen LogP contribution in [0.2, 0.25) is 0 Å². The van der Waals surface area contributed by atoms with Gasteiger partial charge in [-0.2, -0.15) is 5.26 Å². The number of anilines is 1. The van der Waals surface area contributed by atoms with Crippen LogP contribution in [-0.4, -0.2) is 10.5 Å². The van der Waals surface area contributed by atoms with E-state index in [1.54, 1.807) is 0 Å². The lowest BCUT2D eigenvalue weighted by molar-refractivity contribution is -0.116. The molecule has 4 heteroatoms. The summed E-state index contributed by atoms with van der Waals surface area (Å²) in [5.41, 5.74) is 5.18. The number of amides is 1. The number of aromatic nitrogens is 1. The number of nitriles is 1. The fourth-order valence-electron chi connectivity index (χ4n) is 4.29. The molecule has 0 atom stereocenters. The molecular weight excluding hydrogens is 418 g/mol. The zero-order chi connectivity index (χ0) is 23.5. The molecule has 5 aromatic rings. The third kappa shape index (κ3) is 4.32. The number of carbonyl (C=O) groups excluding carboxylic acids is 1. The maximum absolute atomic E-state index is 12.8. The molecule has 5 rings (SSSR count). The topological polar surface area (TPSA) is 57.8 Å². The molecule has 34 heavy (non-hydrogen) atoms. The average molecular weight is 442 g/mol. The highest BCUT2D eigenvalue weighted by molar-refractivity contribution is 6.00. The monoisotopic (exact) mass is 441 g/mol. The van der Waals surface area contributed by atoms with Gasteiger partial charge in [0.1, 0.15) is 6.54 Å². The van der Waals surface area contributed by atoms with Gasteiger partial charge in [0.05, 0.1) is 11.6 Å². The van der Waals surface area contributed by atoms with Crippen LogP contribution in [0.25, 0.3) is 33.3 Å². The SMILES string of the molecule is Cc1cccc(NC(=O)Cn2cc(/C=C(/C#N)c3ccc4ccccc4c3)c3ccccc32)c1. The van der Waals surface area contributed by atoms with Gasteiger partial charge in [0, 0.05) is 28.4 Å². The minimum absolute atomic E-state index is 0.100. The van der Waals surface area contributed by atoms with Crippen LogP contribution >= 0.6 is 0 Å². The van der Waals surface area contributed by atoms with Gasteiger partial charge in [-0.3, -0.25) is 4.79 Å². The van der Waals surface area contributed by atoms with E-state index in [9.17, 15) is 10.1 Å². The Morgan fingerprint density at radius 1 is 0.941 bits per heavy atom. The quantitative estimate of drug-likeness (QED) is 0.305. The fraction of sp³-hybridized carbons (Fsp3) is 0.0667. The predicted molar refractivity (Wildman–Crippen MR) is 139 cm³/mol. The summed E-state index contributed by atoms with van der Waals surface area (Å²) in [6.07, 6.45) is 3.85. The van der Waals surface area contributed by atoms with E-state index in [1.807, 2.05) is 109 Å². The van der Waals surface area contributed by atoms with Crippen molar-refractivity contribution in [3.63, 3.8) is 0 Å². The lowest BCUT2D eigenvalue weighted by Gasteiger charge is -2.08. The molecule has 1 N–H and O–H groups in total. The molecule has 0 bridgehead atoms. The molecule has 1 heterocycles. The van der Waals surface area contributed by atoms with Crippen LogP contribution in [0.5, 0.6) is 0 Å². The van der Waals surface area contributed by atoms with E-state index in [1.165, 1.54) is 0 Å². The van der Waals surface area contributed by atoms with Gasteiger partial charge < -0.3 is 9.88 Å². The summed E-state index contributed by atoms with van der Waals surface area (Å²) in [6, 6.07) is 32.2. The standard InChI is InChI=1S/C30H23N3O/c1-21-7-6-10-27(15-21)32-30(34)20-33-19-26(28-11-4-5-12-29(28)33)17-25(18-31)24-14-13-22-8-2-3-9-23(22)16-24/h2-17,19H,20H2,1H3,(H,32,34)/b25-17-. The Kier molecular flexibility index (Phi) is 5.68. The van der Waals surface area contributed by atoms with Crippen LogP contribution in [0.15, 0.2) is 97.2 Å². The van der Waals surface area contributed by atoms with Crippen LogP contribution in [0, 0.1) is 18.3 Å². The second kappa shape index (κ2) is 9.09. The number of nitrogens with zero attached hydrogens (tertiary/aromatic N) is 2. The number of allylic oxidation sites excluding steroid dienone is 1. The van der Waals surface area contributed by atoms with E-state index in [0.717, 1.165) is 44.1 Å². The van der Waals surface area contributed by atoms with Gasteiger partial charge in [-0.15, -0.1) is 0 Å². The van der Waals surface area contributed by atoms with Crippen LogP contribution in [-0.2, 0) is 11.3 Å². The summed E-state index contributed by atoms with van der Waals surface area (Å²) < 4.78 is 1.93. The molecule has 0 unspecified atom stereocenters. The van der Waals surface area contributed by atoms with Crippen molar-refractivity contribution < 1.29 is 4.79 Å². The van der Waals surface area contributed by atoms with E-state index < -0.39 is 0 Å². The number of hydrogen-bond donors (Lipinski definition) is 1. The Morgan fingerprint density at radius 2 is 1.74 bits per heavy atom. The van der Waals surface area contributed by atoms with Crippen molar-refractivity contribution in [1.29, 1.82) is 5.26 Å². The van der Waals surface area contributed by atoms with E-state index >= 15 is 0 Å². The maximum Gasteiger partial charge on any atom is 0.244 e. The number of fused-ring (bicyclic) bond motifs is 2. The predicted octanol–water partition coefficient (Wildman–Crippen LogP) is 6.81. The van der Waals surface area contributed by atoms with E-state index in [2.05, 4.69) is 17.5 Å². The third-order valence-corrected chi connectivity index (χ3v) is 5.92. The highest BCUT2D eigenvalue weighted by Gasteiger charge is 2.12. The Balaban J connectivity index is 1.49. The Bertz CT molecular complexity index is 1600. The van der Waals surface area contributed by atoms with Crippen molar-refractivity contribution in [1.82, 2.24) is 4.57 Å². The molecule has 0 aliphatic heterocycles. The van der Waals surface area contributed by atoms with Gasteiger partial charge in [-0.1, -0.05) is 66.7 Å². The van der Waals surface area contributed by atoms with Crippen molar-refractivity contribution in [2.24, 2.45) is 0 Å². The first-order chi connectivity index (χ1) is 16.6. The Labute approximate surface area is 198 Å². The van der Waals surface area contributed by atoms with Gasteiger partial charge >= 0.3 is 0 Å². The zero-order valence-corrected chi connectivity index (χ0v) is 18.8. The smallest absolute Gasteiger partial charge is 0.244 e. The maximum atomic E-state index is 12.8. The fourth-order valence-corrected chi connectivity index (χ4v) is 4.29. The van der Waals surface area contributed by atoms with Crippen LogP contribution in [0.3, 0.4) is 0 Å². The van der Waals surface area contributed by atoms with Crippen LogP contribution in [0.4, 0.5) is 5.69 Å². The van der Waals surface area contributed by atoms with Crippen LogP contribution < -0.4 is 5.32 Å². The molecule has 1 aromatic heterocycles. The first-order valence-corrected chi connectivity index (χ1v) is 11.2. The Morgan fingerprint density at radius 3 is 2.56 bits per heavy atom. The van der Waals surface area contributed by atoms with Gasteiger partial charge in [0.15, 0.2) is 0 Å². The summed E-state index contributed by atoms with van der Waals surface area (Å²) in [4.78, 5) is 12.8. The average Bonchev–Trinajstić information content (AvgIpc) is 3.19. The van der Waals surface area contributed by atoms with Crippen LogP contribution in [0.1, 0.15) is 16.7 Å². The lowest BCUT2D eigenvalue weighted by atomic mass is 10.00. The first-order valence-electron chi connectivity index (χ1n) is 11.2. The summed E-state index contributed by atoms with van der Waals surface area (Å²) in [5.74, 6) is -0.100. The normalized spacial score (nSPS) is 11.5. The second-order valence-corrected chi connectivity index (χ2v) is 8.38. The summed E-state index contributed by atoms with van der Waals surface area (Å²) in [6.45, 7) is 2.18. The first kappa shape index (κ1) is 21.2. The highest BCUT2D eigenvalue weighted by Crippen LogP contribution is 2.28. The molecule has 0 fully saturated rings. The van der Waals surface area contributed by atoms with Crippen molar-refractivity contribution in [2.45, 2.75) is 13.5 Å². The molecule has 0 saturated heterocycles. The van der Waals surface area contributed by atoms with Gasteiger partial charge in [-0.05, 0) is 59.2 Å². The number of rotatable bonds is 5. The Hall–Kier alpha value is -4.62. The van der Waals surface area contributed by atoms with E-state index in [-0.39, 0.29) is 12.5 Å². The number of para-hydroxylation sites is 1. The highest BCUT2D eigenvalue weighted by atomic mass is 16.1. The third-order valence-electron chi connectivity index (χ3n) is 5.92. The van der Waals surface area contributed by atoms with Crippen molar-refractivity contribution >= 4 is 44.9 Å². The molecular formula is C30H23N3O. The van der Waals surface area contributed by atoms with Crippen molar-refractivity contribution in [3.05, 3.63) is 114 Å². The molecule has 4 nitrogen and oxygen atoms in total.